The molecule has 0 saturated heterocycles. The van der Waals surface area contributed by atoms with Crippen molar-refractivity contribution in [3.63, 3.8) is 0 Å². The zero-order valence-corrected chi connectivity index (χ0v) is 19.4. The van der Waals surface area contributed by atoms with Gasteiger partial charge in [-0.3, -0.25) is 4.57 Å². The van der Waals surface area contributed by atoms with E-state index in [1.165, 1.54) is 17.8 Å². The van der Waals surface area contributed by atoms with Crippen LogP contribution in [0.2, 0.25) is 0 Å². The Morgan fingerprint density at radius 3 is 2.12 bits per heavy atom. The lowest BCUT2D eigenvalue weighted by Crippen LogP contribution is -2.10. The minimum absolute atomic E-state index is 0.00998. The monoisotopic (exact) mass is 467 g/mol. The van der Waals surface area contributed by atoms with E-state index in [0.717, 1.165) is 28.8 Å². The number of hydrogen-bond acceptors (Lipinski definition) is 3. The van der Waals surface area contributed by atoms with Crippen molar-refractivity contribution < 1.29 is 13.2 Å². The summed E-state index contributed by atoms with van der Waals surface area (Å²) in [5.41, 5.74) is 2.71. The van der Waals surface area contributed by atoms with Crippen LogP contribution < -0.4 is 0 Å². The molecule has 0 saturated carbocycles. The van der Waals surface area contributed by atoms with Crippen molar-refractivity contribution in [1.29, 1.82) is 0 Å². The van der Waals surface area contributed by atoms with Gasteiger partial charge in [0.1, 0.15) is 0 Å². The summed E-state index contributed by atoms with van der Waals surface area (Å²) in [6.07, 6.45) is -4.43. The Balaban J connectivity index is 1.78. The van der Waals surface area contributed by atoms with Crippen molar-refractivity contribution in [3.05, 3.63) is 95.6 Å². The third-order valence-corrected chi connectivity index (χ3v) is 6.29. The molecule has 4 aromatic rings. The van der Waals surface area contributed by atoms with Gasteiger partial charge in [0, 0.05) is 11.3 Å². The molecular weight excluding hydrogens is 443 g/mol. The van der Waals surface area contributed by atoms with E-state index in [9.17, 15) is 13.2 Å². The Bertz CT molecular complexity index is 1220. The lowest BCUT2D eigenvalue weighted by atomic mass is 9.87. The summed E-state index contributed by atoms with van der Waals surface area (Å²) in [4.78, 5) is 0. The largest absolute Gasteiger partial charge is 0.416 e. The first-order valence-corrected chi connectivity index (χ1v) is 11.5. The average Bonchev–Trinajstić information content (AvgIpc) is 3.21. The molecule has 0 N–H and O–H groups in total. The lowest BCUT2D eigenvalue weighted by Gasteiger charge is -2.19. The van der Waals surface area contributed by atoms with Crippen LogP contribution in [0.25, 0.3) is 17.1 Å². The standard InChI is InChI=1S/C26H24F3N3S/c1-25(2,3)20-14-12-19(13-15-20)23-30-31-24(33-17-18-8-5-4-6-9-18)32(23)22-11-7-10-21(16-22)26(27,28)29/h4-16H,17H2,1-3H3. The van der Waals surface area contributed by atoms with Crippen molar-refractivity contribution in [2.75, 3.05) is 0 Å². The van der Waals surface area contributed by atoms with E-state index >= 15 is 0 Å². The number of halogens is 3. The summed E-state index contributed by atoms with van der Waals surface area (Å²) in [6, 6.07) is 23.1. The summed E-state index contributed by atoms with van der Waals surface area (Å²) in [7, 11) is 0. The second-order valence-electron chi connectivity index (χ2n) is 8.79. The van der Waals surface area contributed by atoms with Gasteiger partial charge in [-0.25, -0.2) is 0 Å². The molecule has 33 heavy (non-hydrogen) atoms. The molecule has 0 aliphatic carbocycles. The molecule has 3 aromatic carbocycles. The van der Waals surface area contributed by atoms with Crippen LogP contribution in [-0.2, 0) is 17.3 Å². The number of alkyl halides is 3. The van der Waals surface area contributed by atoms with E-state index in [-0.39, 0.29) is 5.41 Å². The van der Waals surface area contributed by atoms with E-state index in [4.69, 9.17) is 0 Å². The van der Waals surface area contributed by atoms with Crippen LogP contribution in [0.1, 0.15) is 37.5 Å². The normalized spacial score (nSPS) is 12.2. The van der Waals surface area contributed by atoms with E-state index in [1.54, 1.807) is 10.6 Å². The third kappa shape index (κ3) is 5.30. The molecule has 1 aromatic heterocycles. The Labute approximate surface area is 195 Å². The molecule has 0 amide bonds. The van der Waals surface area contributed by atoms with Gasteiger partial charge < -0.3 is 0 Å². The summed E-state index contributed by atoms with van der Waals surface area (Å²) in [5, 5.41) is 9.25. The molecule has 3 nitrogen and oxygen atoms in total. The molecule has 0 atom stereocenters. The fraction of sp³-hybridized carbons (Fsp3) is 0.231. The van der Waals surface area contributed by atoms with Crippen LogP contribution in [0.3, 0.4) is 0 Å². The van der Waals surface area contributed by atoms with Crippen molar-refractivity contribution in [2.45, 2.75) is 43.3 Å². The topological polar surface area (TPSA) is 30.7 Å². The Hall–Kier alpha value is -3.06. The van der Waals surface area contributed by atoms with Gasteiger partial charge in [0.15, 0.2) is 11.0 Å². The second-order valence-corrected chi connectivity index (χ2v) is 9.73. The van der Waals surface area contributed by atoms with Crippen LogP contribution in [-0.4, -0.2) is 14.8 Å². The van der Waals surface area contributed by atoms with Gasteiger partial charge in [-0.2, -0.15) is 13.2 Å². The molecule has 0 spiro atoms. The van der Waals surface area contributed by atoms with E-state index < -0.39 is 11.7 Å². The first kappa shape index (κ1) is 23.1. The molecule has 0 radical (unpaired) electrons. The Morgan fingerprint density at radius 2 is 1.48 bits per heavy atom. The predicted octanol–water partition coefficient (Wildman–Crippen LogP) is 7.54. The lowest BCUT2D eigenvalue weighted by molar-refractivity contribution is -0.137. The highest BCUT2D eigenvalue weighted by Crippen LogP contribution is 2.34. The smallest absolute Gasteiger partial charge is 0.270 e. The molecule has 7 heteroatoms. The van der Waals surface area contributed by atoms with Gasteiger partial charge in [0.25, 0.3) is 0 Å². The van der Waals surface area contributed by atoms with Crippen molar-refractivity contribution in [1.82, 2.24) is 14.8 Å². The number of hydrogen-bond donors (Lipinski definition) is 0. The molecule has 170 valence electrons. The maximum atomic E-state index is 13.4. The molecule has 0 aliphatic heterocycles. The molecule has 1 heterocycles. The van der Waals surface area contributed by atoms with Crippen LogP contribution >= 0.6 is 11.8 Å². The predicted molar refractivity (Wildman–Crippen MR) is 127 cm³/mol. The summed E-state index contributed by atoms with van der Waals surface area (Å²) >= 11 is 1.44. The quantitative estimate of drug-likeness (QED) is 0.284. The number of aromatic nitrogens is 3. The highest BCUT2D eigenvalue weighted by Gasteiger charge is 2.31. The highest BCUT2D eigenvalue weighted by atomic mass is 32.2. The van der Waals surface area contributed by atoms with Crippen molar-refractivity contribution in [2.24, 2.45) is 0 Å². The van der Waals surface area contributed by atoms with Gasteiger partial charge in [-0.15, -0.1) is 10.2 Å². The summed E-state index contributed by atoms with van der Waals surface area (Å²) in [6.45, 7) is 6.39. The van der Waals surface area contributed by atoms with Gasteiger partial charge in [0.05, 0.1) is 11.3 Å². The first-order chi connectivity index (χ1) is 15.6. The van der Waals surface area contributed by atoms with Crippen LogP contribution in [0.5, 0.6) is 0 Å². The summed E-state index contributed by atoms with van der Waals surface area (Å²) in [5.74, 6) is 1.13. The SMILES string of the molecule is CC(C)(C)c1ccc(-c2nnc(SCc3ccccc3)n2-c2cccc(C(F)(F)F)c2)cc1. The molecule has 0 fully saturated rings. The van der Waals surface area contributed by atoms with Crippen LogP contribution in [0.15, 0.2) is 84.0 Å². The molecule has 0 unspecified atom stereocenters. The molecule has 0 aliphatic rings. The number of rotatable bonds is 5. The maximum Gasteiger partial charge on any atom is 0.416 e. The molecule has 0 bridgehead atoms. The van der Waals surface area contributed by atoms with Gasteiger partial charge in [-0.05, 0) is 34.7 Å². The van der Waals surface area contributed by atoms with Crippen LogP contribution in [0, 0.1) is 0 Å². The third-order valence-electron chi connectivity index (χ3n) is 5.28. The average molecular weight is 468 g/mol. The van der Waals surface area contributed by atoms with Gasteiger partial charge in [-0.1, -0.05) is 93.2 Å². The van der Waals surface area contributed by atoms with E-state index in [2.05, 4.69) is 31.0 Å². The summed E-state index contributed by atoms with van der Waals surface area (Å²) < 4.78 is 41.9. The van der Waals surface area contributed by atoms with Gasteiger partial charge >= 0.3 is 6.18 Å². The van der Waals surface area contributed by atoms with Gasteiger partial charge in [0.2, 0.25) is 0 Å². The number of nitrogens with zero attached hydrogens (tertiary/aromatic N) is 3. The number of benzene rings is 3. The first-order valence-electron chi connectivity index (χ1n) is 10.5. The Kier molecular flexibility index (Phi) is 6.34. The van der Waals surface area contributed by atoms with Crippen LogP contribution in [0.4, 0.5) is 13.2 Å². The van der Waals surface area contributed by atoms with Crippen molar-refractivity contribution in [3.8, 4) is 17.1 Å². The minimum atomic E-state index is -4.43. The Morgan fingerprint density at radius 1 is 0.788 bits per heavy atom. The molecule has 4 rings (SSSR count). The second kappa shape index (κ2) is 9.06. The minimum Gasteiger partial charge on any atom is -0.270 e. The van der Waals surface area contributed by atoms with E-state index in [0.29, 0.717) is 22.4 Å². The zero-order valence-electron chi connectivity index (χ0n) is 18.6. The fourth-order valence-corrected chi connectivity index (χ4v) is 4.35. The zero-order chi connectivity index (χ0) is 23.6. The molecular formula is C26H24F3N3S. The maximum absolute atomic E-state index is 13.4. The van der Waals surface area contributed by atoms with E-state index in [1.807, 2.05) is 54.6 Å². The number of thioether (sulfide) groups is 1. The van der Waals surface area contributed by atoms with Crippen molar-refractivity contribution >= 4 is 11.8 Å². The fourth-order valence-electron chi connectivity index (χ4n) is 3.45. The highest BCUT2D eigenvalue weighted by molar-refractivity contribution is 7.98.